The number of hydrogen-bond acceptors (Lipinski definition) is 0. The van der Waals surface area contributed by atoms with Crippen LogP contribution in [0.4, 0.5) is 0 Å². The summed E-state index contributed by atoms with van der Waals surface area (Å²) in [6.07, 6.45) is 7.17. The first-order valence-corrected chi connectivity index (χ1v) is 6.60. The maximum absolute atomic E-state index is 4.37. The first-order chi connectivity index (χ1) is 6.92. The second-order valence-electron chi connectivity index (χ2n) is 7.36. The highest BCUT2D eigenvalue weighted by Crippen LogP contribution is 2.65. The molecule has 0 radical (unpaired) electrons. The van der Waals surface area contributed by atoms with E-state index in [1.165, 1.54) is 32.1 Å². The van der Waals surface area contributed by atoms with Crippen LogP contribution >= 0.6 is 0 Å². The van der Waals surface area contributed by atoms with Crippen molar-refractivity contribution in [2.24, 2.45) is 28.6 Å². The fraction of sp³-hybridized carbons (Fsp3) is 0.867. The Morgan fingerprint density at radius 2 is 1.93 bits per heavy atom. The van der Waals surface area contributed by atoms with Gasteiger partial charge >= 0.3 is 0 Å². The Morgan fingerprint density at radius 1 is 1.20 bits per heavy atom. The molecular weight excluding hydrogens is 180 g/mol. The van der Waals surface area contributed by atoms with Crippen LogP contribution in [0.3, 0.4) is 0 Å². The average Bonchev–Trinajstić information content (AvgIpc) is 2.71. The van der Waals surface area contributed by atoms with Gasteiger partial charge in [0.2, 0.25) is 0 Å². The lowest BCUT2D eigenvalue weighted by atomic mass is 9.51. The monoisotopic (exact) mass is 204 g/mol. The zero-order chi connectivity index (χ0) is 10.8. The highest BCUT2D eigenvalue weighted by Gasteiger charge is 2.56. The summed E-state index contributed by atoms with van der Waals surface area (Å²) in [5.74, 6) is 2.82. The molecule has 15 heavy (non-hydrogen) atoms. The molecule has 4 atom stereocenters. The van der Waals surface area contributed by atoms with Gasteiger partial charge in [-0.25, -0.2) is 0 Å². The number of fused-ring (bicyclic) bond motifs is 2. The highest BCUT2D eigenvalue weighted by atomic mass is 14.6. The van der Waals surface area contributed by atoms with Gasteiger partial charge in [-0.3, -0.25) is 0 Å². The van der Waals surface area contributed by atoms with Crippen LogP contribution in [-0.2, 0) is 0 Å². The summed E-state index contributed by atoms with van der Waals surface area (Å²) in [6, 6.07) is 0. The first kappa shape index (κ1) is 9.93. The van der Waals surface area contributed by atoms with Gasteiger partial charge in [-0.15, -0.1) is 0 Å². The predicted molar refractivity (Wildman–Crippen MR) is 64.6 cm³/mol. The smallest absolute Gasteiger partial charge is 0.0167 e. The molecule has 0 bridgehead atoms. The number of allylic oxidation sites excluding steroid dienone is 1. The van der Waals surface area contributed by atoms with Gasteiger partial charge < -0.3 is 0 Å². The molecule has 0 spiro atoms. The van der Waals surface area contributed by atoms with Crippen LogP contribution in [0, 0.1) is 28.6 Å². The molecule has 0 amide bonds. The molecule has 3 saturated carbocycles. The third kappa shape index (κ3) is 1.33. The summed E-state index contributed by atoms with van der Waals surface area (Å²) in [7, 11) is 0. The van der Waals surface area contributed by atoms with E-state index >= 15 is 0 Å². The molecule has 0 unspecified atom stereocenters. The van der Waals surface area contributed by atoms with Gasteiger partial charge in [-0.2, -0.15) is 0 Å². The van der Waals surface area contributed by atoms with Gasteiger partial charge in [0.25, 0.3) is 0 Å². The van der Waals surface area contributed by atoms with Crippen molar-refractivity contribution in [3.63, 3.8) is 0 Å². The lowest BCUT2D eigenvalue weighted by Gasteiger charge is -2.54. The fourth-order valence-electron chi connectivity index (χ4n) is 4.35. The lowest BCUT2D eigenvalue weighted by molar-refractivity contribution is -0.00672. The molecule has 0 aromatic carbocycles. The third-order valence-electron chi connectivity index (χ3n) is 5.83. The first-order valence-electron chi connectivity index (χ1n) is 6.60. The minimum atomic E-state index is 0.603. The van der Waals surface area contributed by atoms with Crippen LogP contribution in [0.25, 0.3) is 0 Å². The molecule has 0 aromatic rings. The SMILES string of the molecule is C=C1C[C@H]2C[C@@]2(C)CC[C@@H]2[C@@H]1CC2(C)C. The van der Waals surface area contributed by atoms with E-state index in [1.807, 2.05) is 0 Å². The quantitative estimate of drug-likeness (QED) is 0.513. The molecule has 0 aliphatic heterocycles. The summed E-state index contributed by atoms with van der Waals surface area (Å²) >= 11 is 0. The Hall–Kier alpha value is -0.260. The second-order valence-corrected chi connectivity index (χ2v) is 7.36. The topological polar surface area (TPSA) is 0 Å². The molecule has 0 nitrogen and oxygen atoms in total. The molecule has 3 aliphatic rings. The molecule has 0 N–H and O–H groups in total. The van der Waals surface area contributed by atoms with Gasteiger partial charge in [0, 0.05) is 0 Å². The Bertz CT molecular complexity index is 312. The normalized spacial score (nSPS) is 51.9. The Kier molecular flexibility index (Phi) is 1.79. The van der Waals surface area contributed by atoms with Crippen LogP contribution in [-0.4, -0.2) is 0 Å². The van der Waals surface area contributed by atoms with Crippen LogP contribution in [0.15, 0.2) is 12.2 Å². The number of rotatable bonds is 0. The largest absolute Gasteiger partial charge is 0.0996 e. The van der Waals surface area contributed by atoms with E-state index < -0.39 is 0 Å². The van der Waals surface area contributed by atoms with E-state index in [4.69, 9.17) is 0 Å². The molecule has 3 aliphatic carbocycles. The van der Waals surface area contributed by atoms with Gasteiger partial charge in [0.05, 0.1) is 0 Å². The van der Waals surface area contributed by atoms with Crippen molar-refractivity contribution in [2.45, 2.75) is 52.9 Å². The van der Waals surface area contributed by atoms with Crippen molar-refractivity contribution < 1.29 is 0 Å². The van der Waals surface area contributed by atoms with Gasteiger partial charge in [-0.05, 0) is 60.7 Å². The van der Waals surface area contributed by atoms with Crippen molar-refractivity contribution in [1.29, 1.82) is 0 Å². The Balaban J connectivity index is 1.80. The van der Waals surface area contributed by atoms with E-state index in [1.54, 1.807) is 5.57 Å². The summed E-state index contributed by atoms with van der Waals surface area (Å²) < 4.78 is 0. The van der Waals surface area contributed by atoms with Crippen molar-refractivity contribution in [3.8, 4) is 0 Å². The van der Waals surface area contributed by atoms with Crippen LogP contribution < -0.4 is 0 Å². The molecule has 0 saturated heterocycles. The van der Waals surface area contributed by atoms with E-state index in [0.29, 0.717) is 10.8 Å². The maximum Gasteiger partial charge on any atom is -0.0167 e. The van der Waals surface area contributed by atoms with Crippen molar-refractivity contribution in [3.05, 3.63) is 12.2 Å². The molecule has 0 heteroatoms. The van der Waals surface area contributed by atoms with E-state index in [9.17, 15) is 0 Å². The lowest BCUT2D eigenvalue weighted by Crippen LogP contribution is -2.45. The third-order valence-corrected chi connectivity index (χ3v) is 5.83. The van der Waals surface area contributed by atoms with Crippen molar-refractivity contribution >= 4 is 0 Å². The van der Waals surface area contributed by atoms with E-state index in [2.05, 4.69) is 27.4 Å². The standard InChI is InChI=1S/C15H24/c1-10-7-11-8-15(11,4)6-5-13-12(10)9-14(13,2)3/h11-13H,1,5-9H2,2-4H3/t11-,12+,13+,15+/m0/s1. The molecule has 84 valence electrons. The molecule has 3 fully saturated rings. The van der Waals surface area contributed by atoms with Crippen LogP contribution in [0.1, 0.15) is 52.9 Å². The highest BCUT2D eigenvalue weighted by molar-refractivity contribution is 5.19. The fourth-order valence-corrected chi connectivity index (χ4v) is 4.35. The summed E-state index contributed by atoms with van der Waals surface area (Å²) in [5, 5.41) is 0. The van der Waals surface area contributed by atoms with Crippen molar-refractivity contribution in [1.82, 2.24) is 0 Å². The maximum atomic E-state index is 4.37. The second kappa shape index (κ2) is 2.70. The summed E-state index contributed by atoms with van der Waals surface area (Å²) in [5.41, 5.74) is 2.90. The minimum Gasteiger partial charge on any atom is -0.0996 e. The van der Waals surface area contributed by atoms with Crippen molar-refractivity contribution in [2.75, 3.05) is 0 Å². The zero-order valence-electron chi connectivity index (χ0n) is 10.5. The molecule has 3 rings (SSSR count). The zero-order valence-corrected chi connectivity index (χ0v) is 10.5. The summed E-state index contributed by atoms with van der Waals surface area (Å²) in [6.45, 7) is 11.8. The van der Waals surface area contributed by atoms with Gasteiger partial charge in [-0.1, -0.05) is 32.9 Å². The number of hydrogen-bond donors (Lipinski definition) is 0. The average molecular weight is 204 g/mol. The molecular formula is C15H24. The predicted octanol–water partition coefficient (Wildman–Crippen LogP) is 4.42. The summed E-state index contributed by atoms with van der Waals surface area (Å²) in [4.78, 5) is 0. The molecule has 0 aromatic heterocycles. The Labute approximate surface area is 94.1 Å². The van der Waals surface area contributed by atoms with E-state index in [0.717, 1.165) is 17.8 Å². The van der Waals surface area contributed by atoms with Gasteiger partial charge in [0.1, 0.15) is 0 Å². The van der Waals surface area contributed by atoms with Crippen LogP contribution in [0.2, 0.25) is 0 Å². The minimum absolute atomic E-state index is 0.603. The van der Waals surface area contributed by atoms with Crippen LogP contribution in [0.5, 0.6) is 0 Å². The van der Waals surface area contributed by atoms with E-state index in [-0.39, 0.29) is 0 Å². The van der Waals surface area contributed by atoms with Gasteiger partial charge in [0.15, 0.2) is 0 Å². The Morgan fingerprint density at radius 3 is 2.60 bits per heavy atom. The molecule has 0 heterocycles.